The molecule has 406 valence electrons. The second-order valence-electron chi connectivity index (χ2n) is 19.2. The highest BCUT2D eigenvalue weighted by Gasteiger charge is 2.50. The van der Waals surface area contributed by atoms with Crippen molar-refractivity contribution in [1.82, 2.24) is 15.3 Å². The van der Waals surface area contributed by atoms with Crippen molar-refractivity contribution in [3.63, 3.8) is 0 Å². The van der Waals surface area contributed by atoms with Crippen molar-refractivity contribution < 1.29 is 63.7 Å². The Hall–Kier alpha value is -7.11. The number of Topliss-reactive ketones (excluding diaryl/α,β-unsaturated/α-hetero) is 1. The first-order valence-electron chi connectivity index (χ1n) is 24.3. The van der Waals surface area contributed by atoms with Gasteiger partial charge in [0.2, 0.25) is 5.91 Å². The maximum Gasteiger partial charge on any atom is 0.312 e. The van der Waals surface area contributed by atoms with Crippen LogP contribution in [0.5, 0.6) is 23.0 Å². The fourth-order valence-corrected chi connectivity index (χ4v) is 9.00. The molecular weight excluding hydrogens is 989 g/mol. The number of aliphatic hydroxyl groups is 2. The average Bonchev–Trinajstić information content (AvgIpc) is 3.62. The van der Waals surface area contributed by atoms with Crippen molar-refractivity contribution in [3.8, 4) is 23.0 Å². The van der Waals surface area contributed by atoms with Crippen LogP contribution in [0.2, 0.25) is 0 Å². The summed E-state index contributed by atoms with van der Waals surface area (Å²) in [5.41, 5.74) is 8.91. The van der Waals surface area contributed by atoms with Gasteiger partial charge in [-0.3, -0.25) is 29.6 Å². The second kappa shape index (κ2) is 25.4. The van der Waals surface area contributed by atoms with Crippen LogP contribution in [0.3, 0.4) is 0 Å². The molecule has 4 heterocycles. The van der Waals surface area contributed by atoms with Gasteiger partial charge in [0.05, 0.1) is 59.2 Å². The van der Waals surface area contributed by atoms with E-state index in [9.17, 15) is 44.7 Å². The Balaban J connectivity index is 0.000000554. The third kappa shape index (κ3) is 14.0. The Bertz CT molecular complexity index is 2770. The topological polar surface area (TPSA) is 300 Å². The zero-order valence-electron chi connectivity index (χ0n) is 44.1. The van der Waals surface area contributed by atoms with Gasteiger partial charge in [0.25, 0.3) is 11.7 Å². The summed E-state index contributed by atoms with van der Waals surface area (Å²) in [6.07, 6.45) is 6.44. The van der Waals surface area contributed by atoms with E-state index in [1.165, 1.54) is 66.4 Å². The molecule has 21 nitrogen and oxygen atoms in total. The lowest BCUT2D eigenvalue weighted by atomic mass is 9.78. The number of likely N-dealkylation sites (N-methyl/N-ethyl adjacent to an activating group) is 1. The van der Waals surface area contributed by atoms with Crippen molar-refractivity contribution in [2.75, 3.05) is 51.0 Å². The van der Waals surface area contributed by atoms with Gasteiger partial charge < -0.3 is 65.7 Å². The van der Waals surface area contributed by atoms with Crippen LogP contribution < -0.4 is 26.5 Å². The number of nitrogens with two attached hydrogens (primary N) is 1. The Kier molecular flexibility index (Phi) is 19.9. The lowest BCUT2D eigenvalue weighted by molar-refractivity contribution is -0.160. The van der Waals surface area contributed by atoms with E-state index in [1.807, 2.05) is 19.2 Å². The van der Waals surface area contributed by atoms with E-state index in [2.05, 4.69) is 43.4 Å². The summed E-state index contributed by atoms with van der Waals surface area (Å²) in [6, 6.07) is 7.19. The first kappa shape index (κ1) is 58.8. The van der Waals surface area contributed by atoms with Crippen LogP contribution in [0.15, 0.2) is 70.6 Å². The summed E-state index contributed by atoms with van der Waals surface area (Å²) in [5, 5.41) is 73.4. The van der Waals surface area contributed by atoms with Crippen LogP contribution in [0, 0.1) is 30.6 Å². The van der Waals surface area contributed by atoms with Crippen LogP contribution in [-0.2, 0) is 28.6 Å². The minimum atomic E-state index is -2.04. The number of phenols is 3. The fraction of sp³-hybridized carbons (Fsp3) is 0.453. The third-order valence-corrected chi connectivity index (χ3v) is 13.6. The van der Waals surface area contributed by atoms with Crippen molar-refractivity contribution >= 4 is 75.5 Å². The van der Waals surface area contributed by atoms with Gasteiger partial charge in [-0.05, 0) is 56.9 Å². The van der Waals surface area contributed by atoms with Crippen molar-refractivity contribution in [1.29, 1.82) is 0 Å². The quantitative estimate of drug-likeness (QED) is 0.0369. The van der Waals surface area contributed by atoms with E-state index >= 15 is 0 Å². The number of ether oxygens (including phenoxy) is 4. The summed E-state index contributed by atoms with van der Waals surface area (Å²) in [6.45, 7) is 16.6. The van der Waals surface area contributed by atoms with Gasteiger partial charge in [-0.1, -0.05) is 58.1 Å². The number of methoxy groups -OCH3 is 1. The molecule has 4 aliphatic rings. The summed E-state index contributed by atoms with van der Waals surface area (Å²) in [7, 11) is 3.42. The van der Waals surface area contributed by atoms with E-state index < -0.39 is 88.8 Å². The first-order chi connectivity index (χ1) is 35.3. The molecule has 22 heteroatoms. The number of aliphatic hydroxyl groups excluding tert-OH is 2. The minimum absolute atomic E-state index is 0.0559. The lowest BCUT2D eigenvalue weighted by Crippen LogP contribution is -2.46. The second-order valence-corrected chi connectivity index (χ2v) is 19.6. The van der Waals surface area contributed by atoms with Gasteiger partial charge in [-0.25, -0.2) is 0 Å². The molecule has 1 saturated heterocycles. The molecule has 9 atom stereocenters. The number of phenolic OH excluding ortho intramolecular Hbond substituents is 3. The average molecular weight is 1060 g/mol. The predicted molar refractivity (Wildman–Crippen MR) is 289 cm³/mol. The molecule has 0 saturated carbocycles. The molecule has 4 aliphatic heterocycles. The number of rotatable bonds is 7. The Labute approximate surface area is 441 Å². The summed E-state index contributed by atoms with van der Waals surface area (Å²) in [4.78, 5) is 53.4. The van der Waals surface area contributed by atoms with Gasteiger partial charge in [0.15, 0.2) is 10.9 Å². The fourth-order valence-electron chi connectivity index (χ4n) is 8.95. The maximum absolute atomic E-state index is 14.4. The number of piperazine rings is 1. The number of ketones is 1. The van der Waals surface area contributed by atoms with Gasteiger partial charge in [-0.2, -0.15) is 10.2 Å². The number of nitrogens with one attached hydrogen (secondary N) is 3. The smallest absolute Gasteiger partial charge is 0.312 e. The molecule has 3 aromatic rings. The number of hydrazone groups is 2. The normalized spacial score (nSPS) is 27.4. The van der Waals surface area contributed by atoms with Crippen molar-refractivity contribution in [2.45, 2.75) is 92.5 Å². The molecule has 10 N–H and O–H groups in total. The number of amides is 2. The van der Waals surface area contributed by atoms with Crippen LogP contribution in [-0.4, -0.2) is 147 Å². The van der Waals surface area contributed by atoms with Gasteiger partial charge in [0.1, 0.15) is 23.4 Å². The number of hydrogen-bond donors (Lipinski definition) is 9. The van der Waals surface area contributed by atoms with E-state index in [4.69, 9.17) is 24.7 Å². The van der Waals surface area contributed by atoms with E-state index in [-0.39, 0.29) is 55.5 Å². The Morgan fingerprint density at radius 3 is 2.17 bits per heavy atom. The molecule has 0 spiro atoms. The minimum Gasteiger partial charge on any atom is -0.507 e. The summed E-state index contributed by atoms with van der Waals surface area (Å²) in [5.74, 6) is -8.44. The molecule has 0 radical (unpaired) electrons. The largest absolute Gasteiger partial charge is 0.507 e. The highest BCUT2D eigenvalue weighted by atomic mass is 32.1. The molecule has 75 heavy (non-hydrogen) atoms. The summed E-state index contributed by atoms with van der Waals surface area (Å²) >= 11 is 4.58. The third-order valence-electron chi connectivity index (χ3n) is 13.5. The Morgan fingerprint density at radius 1 is 0.920 bits per heavy atom. The van der Waals surface area contributed by atoms with Crippen molar-refractivity contribution in [2.24, 2.45) is 39.6 Å². The van der Waals surface area contributed by atoms with Crippen LogP contribution in [0.1, 0.15) is 82.4 Å². The maximum atomic E-state index is 14.4. The number of allylic oxidation sites excluding steroid dienone is 2. The molecular formula is C53H70N8O13S. The van der Waals surface area contributed by atoms with E-state index in [1.54, 1.807) is 63.2 Å². The number of thiocarbonyl (C=S) groups is 1. The van der Waals surface area contributed by atoms with Crippen molar-refractivity contribution in [3.05, 3.63) is 82.7 Å². The predicted octanol–water partition coefficient (Wildman–Crippen LogP) is 5.15. The highest BCUT2D eigenvalue weighted by Crippen LogP contribution is 2.55. The standard InChI is InChI=1S/C43H58N4O12.C10H12N4OS/c1-21-12-11-13-22(2)42(55)45-33-28(20-44-47-17-15-46(9)16-18-47)37(52)30-31(38(33)53)36(51)26(6)40-32(30)41(54)43(8,59-40)57-19-14-29(56-10)23(3)39(58-27(7)48)25(5)35(50)24(4)34(21)49;1-7(15)13-9-4-2-8(3-5-9)6-12-14-10(11)16/h11-14,19-21,23-25,29,34-35,39,49-53H,15-18H2,1-10H3,(H,45,55);2-6H,1H3,(H,13,15)(H3,11,14,16)/b12-11+,19-14+,22-13-,44-20-;12-6+/t21-,23-,24-,25-,29+,34+,35+,39-,43+;/m1./s1. The van der Waals surface area contributed by atoms with Crippen LogP contribution >= 0.6 is 12.2 Å². The zero-order valence-corrected chi connectivity index (χ0v) is 44.9. The number of aromatic hydroxyl groups is 3. The van der Waals surface area contributed by atoms with Crippen LogP contribution in [0.4, 0.5) is 11.4 Å². The van der Waals surface area contributed by atoms with Gasteiger partial charge >= 0.3 is 11.8 Å². The van der Waals surface area contributed by atoms with Gasteiger partial charge in [0, 0.05) is 99.9 Å². The lowest BCUT2D eigenvalue weighted by Gasteiger charge is -2.38. The zero-order chi connectivity index (χ0) is 55.6. The number of esters is 1. The number of fused-ring (bicyclic) bond motifs is 14. The SMILES string of the molecule is CC(=O)Nc1ccc(/C=N/NC(N)=S)cc1.CO[C@H]1/C=C/O[C@@]2(C)Oc3c(C)c(O)c4c(O)c(c(/C=N\N5CCN(C)CC5)c(O)c4c3C2=O)NC(=O)/C(C)=C\C=C\[C@@H](C)[C@H](O)[C@@H](C)[C@H](O)[C@@H](C)[C@H](OC(C)=O)[C@@H]1C. The summed E-state index contributed by atoms with van der Waals surface area (Å²) < 4.78 is 23.6. The highest BCUT2D eigenvalue weighted by molar-refractivity contribution is 7.80. The van der Waals surface area contributed by atoms with Crippen LogP contribution in [0.25, 0.3) is 10.8 Å². The molecule has 7 rings (SSSR count). The first-order valence-corrected chi connectivity index (χ1v) is 24.7. The monoisotopic (exact) mass is 1060 g/mol. The molecule has 1 fully saturated rings. The molecule has 0 aliphatic carbocycles. The Morgan fingerprint density at radius 2 is 1.57 bits per heavy atom. The number of hydrogen-bond acceptors (Lipinski definition) is 18. The van der Waals surface area contributed by atoms with E-state index in [0.29, 0.717) is 13.1 Å². The van der Waals surface area contributed by atoms with E-state index in [0.717, 1.165) is 24.3 Å². The number of carbonyl (C=O) groups is 4. The number of anilines is 2. The molecule has 5 bridgehead atoms. The molecule has 2 amide bonds. The molecule has 0 unspecified atom stereocenters. The number of benzene rings is 3. The number of nitrogens with zero attached hydrogens (tertiary/aromatic N) is 4. The molecule has 0 aromatic heterocycles. The van der Waals surface area contributed by atoms with Gasteiger partial charge in [-0.15, -0.1) is 0 Å². The molecule has 3 aromatic carbocycles. The number of carbonyl (C=O) groups excluding carboxylic acids is 4.